The predicted octanol–water partition coefficient (Wildman–Crippen LogP) is 1.77. The van der Waals surface area contributed by atoms with Crippen molar-refractivity contribution in [3.8, 4) is 5.75 Å². The van der Waals surface area contributed by atoms with Crippen molar-refractivity contribution < 1.29 is 18.1 Å². The molecule has 2 fully saturated rings. The van der Waals surface area contributed by atoms with Crippen molar-refractivity contribution in [3.63, 3.8) is 0 Å². The van der Waals surface area contributed by atoms with Crippen LogP contribution in [-0.2, 0) is 10.0 Å². The summed E-state index contributed by atoms with van der Waals surface area (Å²) in [7, 11) is -2.57. The quantitative estimate of drug-likeness (QED) is 0.617. The zero-order valence-electron chi connectivity index (χ0n) is 13.8. The molecule has 0 spiro atoms. The Morgan fingerprint density at radius 3 is 2.64 bits per heavy atom. The number of nitrogens with zero attached hydrogens (tertiary/aromatic N) is 2. The fourth-order valence-corrected chi connectivity index (χ4v) is 5.47. The van der Waals surface area contributed by atoms with Gasteiger partial charge in [0.1, 0.15) is 5.75 Å². The van der Waals surface area contributed by atoms with E-state index in [1.165, 1.54) is 23.5 Å². The van der Waals surface area contributed by atoms with Crippen LogP contribution < -0.4 is 10.5 Å². The van der Waals surface area contributed by atoms with Gasteiger partial charge in [0.2, 0.25) is 10.0 Å². The van der Waals surface area contributed by atoms with Crippen LogP contribution in [0.2, 0.25) is 0 Å². The second-order valence-electron chi connectivity index (χ2n) is 6.43. The van der Waals surface area contributed by atoms with Crippen LogP contribution in [0.1, 0.15) is 19.3 Å². The molecular formula is C15H22ClN3O5S. The summed E-state index contributed by atoms with van der Waals surface area (Å²) < 4.78 is 32.2. The van der Waals surface area contributed by atoms with E-state index in [9.17, 15) is 18.5 Å². The molecule has 8 nitrogen and oxygen atoms in total. The Morgan fingerprint density at radius 1 is 1.32 bits per heavy atom. The van der Waals surface area contributed by atoms with Crippen molar-refractivity contribution in [2.45, 2.75) is 30.2 Å². The molecule has 1 saturated heterocycles. The highest BCUT2D eigenvalue weighted by molar-refractivity contribution is 7.89. The number of nitrogens with two attached hydrogens (primary N) is 1. The summed E-state index contributed by atoms with van der Waals surface area (Å²) in [5.41, 5.74) is 5.67. The Morgan fingerprint density at radius 2 is 2.04 bits per heavy atom. The molecular weight excluding hydrogens is 370 g/mol. The van der Waals surface area contributed by atoms with Crippen molar-refractivity contribution in [1.29, 1.82) is 0 Å². The summed E-state index contributed by atoms with van der Waals surface area (Å²) in [5, 5.41) is 11.3. The third-order valence-electron chi connectivity index (χ3n) is 5.10. The number of benzene rings is 1. The van der Waals surface area contributed by atoms with E-state index >= 15 is 0 Å². The fraction of sp³-hybridized carbons (Fsp3) is 0.600. The number of rotatable bonds is 4. The van der Waals surface area contributed by atoms with E-state index in [0.29, 0.717) is 13.1 Å². The number of hydrogen-bond donors (Lipinski definition) is 1. The summed E-state index contributed by atoms with van der Waals surface area (Å²) in [6.45, 7) is 0.710. The molecule has 1 aliphatic carbocycles. The topological polar surface area (TPSA) is 116 Å². The van der Waals surface area contributed by atoms with Crippen LogP contribution in [0.5, 0.6) is 5.75 Å². The smallest absolute Gasteiger partial charge is 0.293 e. The van der Waals surface area contributed by atoms with E-state index in [1.807, 2.05) is 0 Å². The molecule has 10 heteroatoms. The summed E-state index contributed by atoms with van der Waals surface area (Å²) in [6, 6.07) is 3.81. The maximum absolute atomic E-state index is 12.9. The van der Waals surface area contributed by atoms with Crippen molar-refractivity contribution in [2.24, 2.45) is 17.6 Å². The van der Waals surface area contributed by atoms with Gasteiger partial charge in [0.05, 0.1) is 18.1 Å². The minimum absolute atomic E-state index is 0. The van der Waals surface area contributed by atoms with E-state index < -0.39 is 20.6 Å². The van der Waals surface area contributed by atoms with Gasteiger partial charge in [-0.15, -0.1) is 12.4 Å². The molecule has 1 aromatic carbocycles. The number of methoxy groups -OCH3 is 1. The average Bonchev–Trinajstić information content (AvgIpc) is 3.00. The van der Waals surface area contributed by atoms with E-state index in [0.717, 1.165) is 25.3 Å². The van der Waals surface area contributed by atoms with Gasteiger partial charge in [-0.2, -0.15) is 4.31 Å². The number of halogens is 1. The van der Waals surface area contributed by atoms with E-state index in [2.05, 4.69) is 0 Å². The lowest BCUT2D eigenvalue weighted by Crippen LogP contribution is -2.38. The van der Waals surface area contributed by atoms with Crippen molar-refractivity contribution in [1.82, 2.24) is 4.31 Å². The normalized spacial score (nSPS) is 26.6. The summed E-state index contributed by atoms with van der Waals surface area (Å²) in [5.74, 6) is 0.615. The fourth-order valence-electron chi connectivity index (χ4n) is 3.80. The van der Waals surface area contributed by atoms with Gasteiger partial charge >= 0.3 is 0 Å². The first-order valence-corrected chi connectivity index (χ1v) is 9.36. The predicted molar refractivity (Wildman–Crippen MR) is 94.5 cm³/mol. The summed E-state index contributed by atoms with van der Waals surface area (Å²) >= 11 is 0. The molecule has 3 unspecified atom stereocenters. The molecule has 25 heavy (non-hydrogen) atoms. The van der Waals surface area contributed by atoms with Gasteiger partial charge in [-0.05, 0) is 36.8 Å². The molecule has 2 aliphatic rings. The molecule has 1 aliphatic heterocycles. The van der Waals surface area contributed by atoms with Crippen LogP contribution >= 0.6 is 12.4 Å². The van der Waals surface area contributed by atoms with Crippen molar-refractivity contribution in [2.75, 3.05) is 20.2 Å². The lowest BCUT2D eigenvalue weighted by molar-refractivity contribution is -0.387. The van der Waals surface area contributed by atoms with Gasteiger partial charge in [0.25, 0.3) is 5.69 Å². The van der Waals surface area contributed by atoms with E-state index in [4.69, 9.17) is 10.5 Å². The number of ether oxygens (including phenoxy) is 1. The number of nitro groups is 1. The number of fused-ring (bicyclic) bond motifs is 1. The second-order valence-corrected chi connectivity index (χ2v) is 8.34. The van der Waals surface area contributed by atoms with E-state index in [-0.39, 0.29) is 40.9 Å². The summed E-state index contributed by atoms with van der Waals surface area (Å²) in [6.07, 6.45) is 2.85. The molecule has 1 aromatic rings. The number of hydrogen-bond acceptors (Lipinski definition) is 6. The Bertz CT molecular complexity index is 758. The zero-order valence-corrected chi connectivity index (χ0v) is 15.5. The van der Waals surface area contributed by atoms with Crippen molar-refractivity contribution in [3.05, 3.63) is 28.3 Å². The van der Waals surface area contributed by atoms with Gasteiger partial charge in [-0.25, -0.2) is 8.42 Å². The minimum Gasteiger partial charge on any atom is -0.497 e. The molecule has 0 bridgehead atoms. The molecule has 140 valence electrons. The Labute approximate surface area is 152 Å². The van der Waals surface area contributed by atoms with Gasteiger partial charge < -0.3 is 10.5 Å². The molecule has 1 saturated carbocycles. The second kappa shape index (κ2) is 7.45. The Balaban J connectivity index is 0.00000225. The van der Waals surface area contributed by atoms with Crippen LogP contribution in [0.3, 0.4) is 0 Å². The van der Waals surface area contributed by atoms with Crippen LogP contribution in [-0.4, -0.2) is 43.9 Å². The Kier molecular flexibility index (Phi) is 5.93. The first-order valence-electron chi connectivity index (χ1n) is 7.92. The molecule has 0 radical (unpaired) electrons. The van der Waals surface area contributed by atoms with Gasteiger partial charge in [0, 0.05) is 19.1 Å². The lowest BCUT2D eigenvalue weighted by Gasteiger charge is -2.29. The molecule has 1 heterocycles. The largest absolute Gasteiger partial charge is 0.497 e. The monoisotopic (exact) mass is 391 g/mol. The van der Waals surface area contributed by atoms with Crippen LogP contribution in [0.4, 0.5) is 5.69 Å². The Hall–Kier alpha value is -1.42. The van der Waals surface area contributed by atoms with Crippen LogP contribution in [0.25, 0.3) is 0 Å². The van der Waals surface area contributed by atoms with Crippen molar-refractivity contribution >= 4 is 28.1 Å². The molecule has 2 N–H and O–H groups in total. The lowest BCUT2D eigenvalue weighted by atomic mass is 9.78. The average molecular weight is 392 g/mol. The third kappa shape index (κ3) is 3.59. The van der Waals surface area contributed by atoms with Crippen LogP contribution in [0, 0.1) is 22.0 Å². The number of sulfonamides is 1. The summed E-state index contributed by atoms with van der Waals surface area (Å²) in [4.78, 5) is 10.3. The highest BCUT2D eigenvalue weighted by Gasteiger charge is 2.44. The van der Waals surface area contributed by atoms with Gasteiger partial charge in [-0.3, -0.25) is 10.1 Å². The SMILES string of the molecule is COc1ccc(S(=O)(=O)N2CC3CCCC(N)C3C2)c([N+](=O)[O-])c1.Cl. The highest BCUT2D eigenvalue weighted by Crippen LogP contribution is 2.39. The first-order chi connectivity index (χ1) is 11.3. The molecule has 3 rings (SSSR count). The third-order valence-corrected chi connectivity index (χ3v) is 6.98. The van der Waals surface area contributed by atoms with Gasteiger partial charge in [0.15, 0.2) is 4.90 Å². The maximum atomic E-state index is 12.9. The molecule has 0 aromatic heterocycles. The molecule has 3 atom stereocenters. The van der Waals surface area contributed by atoms with Gasteiger partial charge in [-0.1, -0.05) is 6.42 Å². The van der Waals surface area contributed by atoms with E-state index in [1.54, 1.807) is 0 Å². The zero-order chi connectivity index (χ0) is 17.5. The minimum atomic E-state index is -3.94. The standard InChI is InChI=1S/C15H21N3O5S.ClH/c1-23-11-5-6-15(14(7-11)18(19)20)24(21,22)17-8-10-3-2-4-13(16)12(10)9-17;/h5-7,10,12-13H,2-4,8-9,16H2,1H3;1H. The molecule has 0 amide bonds. The first kappa shape index (κ1) is 19.9. The van der Waals surface area contributed by atoms with Crippen LogP contribution in [0.15, 0.2) is 23.1 Å². The number of nitro benzene ring substituents is 1. The highest BCUT2D eigenvalue weighted by atomic mass is 35.5. The maximum Gasteiger partial charge on any atom is 0.293 e.